The van der Waals surface area contributed by atoms with Gasteiger partial charge in [-0.2, -0.15) is 5.10 Å². The first-order valence-corrected chi connectivity index (χ1v) is 15.8. The Morgan fingerprint density at radius 3 is 2.44 bits per heavy atom. The van der Waals surface area contributed by atoms with Crippen molar-refractivity contribution in [3.63, 3.8) is 0 Å². The normalized spacial score (nSPS) is 17.7. The number of nitrogens with zero attached hydrogens (tertiary/aromatic N) is 3. The van der Waals surface area contributed by atoms with Crippen molar-refractivity contribution < 1.29 is 23.9 Å². The van der Waals surface area contributed by atoms with E-state index >= 15 is 0 Å². The zero-order valence-corrected chi connectivity index (χ0v) is 25.1. The molecule has 2 fully saturated rings. The van der Waals surface area contributed by atoms with Crippen LogP contribution in [0.1, 0.15) is 82.3 Å². The Bertz CT molecular complexity index is 1360. The fourth-order valence-corrected chi connectivity index (χ4v) is 6.48. The molecule has 0 aromatic heterocycles. The zero-order valence-electron chi connectivity index (χ0n) is 25.1. The molecule has 2 aliphatic carbocycles. The number of nitrogens with one attached hydrogen (secondary N) is 1. The highest BCUT2D eigenvalue weighted by atomic mass is 16.5. The molecule has 9 heteroatoms. The lowest BCUT2D eigenvalue weighted by molar-refractivity contribution is -0.143. The molecule has 43 heavy (non-hydrogen) atoms. The second-order valence-electron chi connectivity index (χ2n) is 11.8. The first kappa shape index (κ1) is 30.4. The van der Waals surface area contributed by atoms with Crippen molar-refractivity contribution in [2.24, 2.45) is 16.9 Å². The number of carbonyl (C=O) groups excluding carboxylic acids is 4. The van der Waals surface area contributed by atoms with E-state index in [1.807, 2.05) is 42.5 Å². The highest BCUT2D eigenvalue weighted by Crippen LogP contribution is 2.35. The van der Waals surface area contributed by atoms with E-state index in [4.69, 9.17) is 9.84 Å². The number of ketones is 1. The van der Waals surface area contributed by atoms with Gasteiger partial charge in [-0.05, 0) is 62.8 Å². The Balaban J connectivity index is 1.38. The Kier molecular flexibility index (Phi) is 10.2. The molecular formula is C34H42N4O5. The van der Waals surface area contributed by atoms with E-state index in [0.717, 1.165) is 68.2 Å². The maximum atomic E-state index is 14.1. The molecule has 228 valence electrons. The molecule has 5 rings (SSSR count). The van der Waals surface area contributed by atoms with Gasteiger partial charge in [-0.25, -0.2) is 9.80 Å². The van der Waals surface area contributed by atoms with Crippen molar-refractivity contribution in [2.45, 2.75) is 77.6 Å². The van der Waals surface area contributed by atoms with E-state index in [1.165, 1.54) is 16.3 Å². The first-order valence-electron chi connectivity index (χ1n) is 15.8. The summed E-state index contributed by atoms with van der Waals surface area (Å²) >= 11 is 0. The number of para-hydroxylation sites is 1. The summed E-state index contributed by atoms with van der Waals surface area (Å²) in [5, 5.41) is 9.01. The molecule has 0 spiro atoms. The van der Waals surface area contributed by atoms with Gasteiger partial charge in [0.05, 0.1) is 24.6 Å². The van der Waals surface area contributed by atoms with E-state index in [0.29, 0.717) is 24.4 Å². The molecule has 2 aromatic carbocycles. The number of carbonyl (C=O) groups is 4. The average molecular weight is 587 g/mol. The van der Waals surface area contributed by atoms with Crippen LogP contribution >= 0.6 is 0 Å². The molecular weight excluding hydrogens is 544 g/mol. The van der Waals surface area contributed by atoms with Crippen LogP contribution in [0.3, 0.4) is 0 Å². The van der Waals surface area contributed by atoms with E-state index in [1.54, 1.807) is 13.0 Å². The summed E-state index contributed by atoms with van der Waals surface area (Å²) in [4.78, 5) is 54.1. The van der Waals surface area contributed by atoms with Gasteiger partial charge in [-0.15, -0.1) is 0 Å². The van der Waals surface area contributed by atoms with Crippen molar-refractivity contribution in [1.82, 2.24) is 5.01 Å². The fourth-order valence-electron chi connectivity index (χ4n) is 6.48. The summed E-state index contributed by atoms with van der Waals surface area (Å²) in [6.45, 7) is 1.79. The van der Waals surface area contributed by atoms with E-state index in [9.17, 15) is 19.2 Å². The van der Waals surface area contributed by atoms with Crippen LogP contribution < -0.4 is 10.2 Å². The van der Waals surface area contributed by atoms with Crippen LogP contribution in [0.5, 0.6) is 0 Å². The number of benzene rings is 2. The quantitative estimate of drug-likeness (QED) is 0.320. The number of fused-ring (bicyclic) bond motifs is 1. The smallest absolute Gasteiger partial charge is 0.345 e. The molecule has 1 aliphatic heterocycles. The Hall–Kier alpha value is -4.01. The third kappa shape index (κ3) is 7.69. The molecule has 9 nitrogen and oxygen atoms in total. The predicted molar refractivity (Wildman–Crippen MR) is 166 cm³/mol. The summed E-state index contributed by atoms with van der Waals surface area (Å²) in [6, 6.07) is 14.5. The van der Waals surface area contributed by atoms with E-state index in [-0.39, 0.29) is 43.1 Å². The monoisotopic (exact) mass is 586 g/mol. The van der Waals surface area contributed by atoms with E-state index in [2.05, 4.69) is 5.32 Å². The number of amides is 3. The van der Waals surface area contributed by atoms with Gasteiger partial charge in [0, 0.05) is 29.5 Å². The van der Waals surface area contributed by atoms with Gasteiger partial charge in [0.2, 0.25) is 5.91 Å². The van der Waals surface area contributed by atoms with Crippen LogP contribution in [0.4, 0.5) is 16.2 Å². The lowest BCUT2D eigenvalue weighted by atomic mass is 9.83. The highest BCUT2D eigenvalue weighted by Gasteiger charge is 2.36. The van der Waals surface area contributed by atoms with Crippen LogP contribution in [-0.4, -0.2) is 54.1 Å². The van der Waals surface area contributed by atoms with Crippen LogP contribution in [0.2, 0.25) is 0 Å². The number of anilines is 2. The number of hydrazone groups is 1. The third-order valence-electron chi connectivity index (χ3n) is 8.69. The molecule has 2 aromatic rings. The van der Waals surface area contributed by atoms with Crippen LogP contribution in [0.15, 0.2) is 53.6 Å². The van der Waals surface area contributed by atoms with Gasteiger partial charge < -0.3 is 10.1 Å². The second-order valence-corrected chi connectivity index (χ2v) is 11.8. The average Bonchev–Trinajstić information content (AvgIpc) is 3.54. The number of hydrogen-bond donors (Lipinski definition) is 1. The molecule has 0 saturated heterocycles. The summed E-state index contributed by atoms with van der Waals surface area (Å²) in [7, 11) is 0. The summed E-state index contributed by atoms with van der Waals surface area (Å²) in [5.74, 6) is -0.452. The van der Waals surface area contributed by atoms with E-state index < -0.39 is 11.9 Å². The Morgan fingerprint density at radius 2 is 1.67 bits per heavy atom. The molecule has 0 bridgehead atoms. The summed E-state index contributed by atoms with van der Waals surface area (Å²) in [5.41, 5.74) is 3.82. The maximum Gasteiger partial charge on any atom is 0.345 e. The minimum absolute atomic E-state index is 0.0326. The van der Waals surface area contributed by atoms with Gasteiger partial charge in [0.1, 0.15) is 6.54 Å². The molecule has 0 unspecified atom stereocenters. The Morgan fingerprint density at radius 1 is 0.930 bits per heavy atom. The lowest BCUT2D eigenvalue weighted by Crippen LogP contribution is -2.46. The van der Waals surface area contributed by atoms with Gasteiger partial charge >= 0.3 is 12.0 Å². The van der Waals surface area contributed by atoms with Crippen LogP contribution in [0, 0.1) is 11.8 Å². The number of aryl methyl sites for hydroxylation is 1. The number of ether oxygens (including phenoxy) is 1. The molecule has 2 saturated carbocycles. The fraction of sp³-hybridized carbons (Fsp3) is 0.500. The minimum Gasteiger partial charge on any atom is -0.466 e. The van der Waals surface area contributed by atoms with Crippen molar-refractivity contribution in [3.05, 3.63) is 59.7 Å². The predicted octanol–water partition coefficient (Wildman–Crippen LogP) is 6.11. The SMILES string of the molecule is CCOC(=O)CCc1cccc(NC(=O)CN2N=C(C3CCCCC3)c3ccccc3N(CC(=O)C3CCCC3)C2=O)c1. The summed E-state index contributed by atoms with van der Waals surface area (Å²) in [6.07, 6.45) is 9.84. The molecule has 0 radical (unpaired) electrons. The maximum absolute atomic E-state index is 14.1. The lowest BCUT2D eigenvalue weighted by Gasteiger charge is -2.26. The van der Waals surface area contributed by atoms with Crippen molar-refractivity contribution >= 4 is 40.8 Å². The number of hydrogen-bond acceptors (Lipinski definition) is 6. The van der Waals surface area contributed by atoms with Crippen molar-refractivity contribution in [2.75, 3.05) is 29.9 Å². The third-order valence-corrected chi connectivity index (χ3v) is 8.69. The van der Waals surface area contributed by atoms with Gasteiger partial charge in [-0.3, -0.25) is 19.3 Å². The first-order chi connectivity index (χ1) is 20.9. The molecule has 1 heterocycles. The van der Waals surface area contributed by atoms with Crippen LogP contribution in [-0.2, 0) is 25.5 Å². The van der Waals surface area contributed by atoms with Gasteiger partial charge in [0.25, 0.3) is 0 Å². The molecule has 1 N–H and O–H groups in total. The number of urea groups is 1. The number of Topliss-reactive ketones (excluding diaryl/α,β-unsaturated/α-hetero) is 1. The molecule has 0 atom stereocenters. The largest absolute Gasteiger partial charge is 0.466 e. The second kappa shape index (κ2) is 14.4. The summed E-state index contributed by atoms with van der Waals surface area (Å²) < 4.78 is 5.02. The minimum atomic E-state index is -0.469. The number of rotatable bonds is 11. The van der Waals surface area contributed by atoms with Crippen LogP contribution in [0.25, 0.3) is 0 Å². The Labute approximate surface area is 253 Å². The molecule has 3 aliphatic rings. The van der Waals surface area contributed by atoms with Gasteiger partial charge in [-0.1, -0.05) is 62.4 Å². The van der Waals surface area contributed by atoms with Crippen molar-refractivity contribution in [3.8, 4) is 0 Å². The molecule has 3 amide bonds. The highest BCUT2D eigenvalue weighted by molar-refractivity contribution is 6.13. The number of esters is 1. The van der Waals surface area contributed by atoms with Crippen molar-refractivity contribution in [1.29, 1.82) is 0 Å². The zero-order chi connectivity index (χ0) is 30.2. The topological polar surface area (TPSA) is 108 Å². The van der Waals surface area contributed by atoms with Gasteiger partial charge in [0.15, 0.2) is 5.78 Å². The standard InChI is InChI=1S/C34H42N4O5/c1-2-43-32(41)20-19-24-11-10-16-27(21-24)35-31(40)23-38-34(42)37(22-30(39)25-12-6-7-13-25)29-18-9-8-17-28(29)33(36-38)26-14-4-3-5-15-26/h8-11,16-18,21,25-26H,2-7,12-15,19-20,22-23H2,1H3,(H,35,40).